The van der Waals surface area contributed by atoms with Crippen molar-refractivity contribution in [2.45, 2.75) is 31.2 Å². The van der Waals surface area contributed by atoms with Crippen molar-refractivity contribution in [3.05, 3.63) is 77.2 Å². The maximum absolute atomic E-state index is 13.3. The number of aryl methyl sites for hydroxylation is 1. The zero-order valence-electron chi connectivity index (χ0n) is 17.0. The van der Waals surface area contributed by atoms with Crippen LogP contribution in [-0.2, 0) is 12.8 Å². The van der Waals surface area contributed by atoms with Crippen molar-refractivity contribution in [3.63, 3.8) is 0 Å². The van der Waals surface area contributed by atoms with Gasteiger partial charge >= 0.3 is 6.03 Å². The number of anilines is 1. The third-order valence-corrected chi connectivity index (χ3v) is 5.97. The van der Waals surface area contributed by atoms with Gasteiger partial charge in [0.25, 0.3) is 0 Å². The molecule has 6 nitrogen and oxygen atoms in total. The molecular formula is C23H25ClFN5O. The van der Waals surface area contributed by atoms with E-state index in [9.17, 15) is 9.18 Å². The summed E-state index contributed by atoms with van der Waals surface area (Å²) in [6, 6.07) is 16.0. The zero-order valence-corrected chi connectivity index (χ0v) is 17.8. The van der Waals surface area contributed by atoms with Gasteiger partial charge in [-0.2, -0.15) is 5.10 Å². The molecule has 31 heavy (non-hydrogen) atoms. The van der Waals surface area contributed by atoms with E-state index in [1.807, 2.05) is 35.0 Å². The first-order valence-corrected chi connectivity index (χ1v) is 10.4. The maximum atomic E-state index is 13.3. The summed E-state index contributed by atoms with van der Waals surface area (Å²) in [6.07, 6.45) is 2.91. The summed E-state index contributed by atoms with van der Waals surface area (Å²) in [5, 5.41) is 14.2. The molecule has 1 aliphatic carbocycles. The van der Waals surface area contributed by atoms with Crippen LogP contribution in [0.4, 0.5) is 15.0 Å². The minimum atomic E-state index is -0.255. The van der Waals surface area contributed by atoms with Gasteiger partial charge in [-0.05, 0) is 49.1 Å². The lowest BCUT2D eigenvalue weighted by molar-refractivity contribution is 0.248. The molecule has 1 aliphatic heterocycles. The van der Waals surface area contributed by atoms with E-state index >= 15 is 0 Å². The molecule has 0 bridgehead atoms. The number of amides is 2. The van der Waals surface area contributed by atoms with Crippen LogP contribution in [0.15, 0.2) is 54.6 Å². The van der Waals surface area contributed by atoms with Crippen molar-refractivity contribution >= 4 is 24.3 Å². The molecule has 2 heterocycles. The summed E-state index contributed by atoms with van der Waals surface area (Å²) in [6.45, 7) is 1.42. The van der Waals surface area contributed by atoms with Crippen LogP contribution >= 0.6 is 12.4 Å². The Bertz CT molecular complexity index is 1050. The number of fused-ring (bicyclic) bond motifs is 1. The number of hydrogen-bond donors (Lipinski definition) is 3. The monoisotopic (exact) mass is 441 g/mol. The van der Waals surface area contributed by atoms with Crippen LogP contribution in [-0.4, -0.2) is 34.9 Å². The summed E-state index contributed by atoms with van der Waals surface area (Å²) >= 11 is 0. The normalized spacial score (nSPS) is 19.5. The largest absolute Gasteiger partial charge is 0.333 e. The van der Waals surface area contributed by atoms with Crippen LogP contribution in [0.2, 0.25) is 0 Å². The van der Waals surface area contributed by atoms with E-state index in [-0.39, 0.29) is 36.2 Å². The highest BCUT2D eigenvalue weighted by Crippen LogP contribution is 2.31. The molecule has 0 spiro atoms. The van der Waals surface area contributed by atoms with E-state index < -0.39 is 0 Å². The van der Waals surface area contributed by atoms with E-state index in [1.54, 1.807) is 12.1 Å². The van der Waals surface area contributed by atoms with Gasteiger partial charge in [-0.25, -0.2) is 13.9 Å². The summed E-state index contributed by atoms with van der Waals surface area (Å²) in [5.41, 5.74) is 4.12. The fourth-order valence-corrected chi connectivity index (χ4v) is 4.48. The Labute approximate surface area is 186 Å². The molecule has 0 radical (unpaired) electrons. The van der Waals surface area contributed by atoms with Gasteiger partial charge in [0.1, 0.15) is 11.6 Å². The molecule has 1 saturated heterocycles. The van der Waals surface area contributed by atoms with Crippen molar-refractivity contribution in [1.29, 1.82) is 0 Å². The van der Waals surface area contributed by atoms with E-state index in [0.29, 0.717) is 6.54 Å². The predicted molar refractivity (Wildman–Crippen MR) is 121 cm³/mol. The number of hydrogen-bond acceptors (Lipinski definition) is 3. The number of urea groups is 1. The van der Waals surface area contributed by atoms with Crippen LogP contribution in [0.5, 0.6) is 0 Å². The van der Waals surface area contributed by atoms with Crippen LogP contribution in [0.3, 0.4) is 0 Å². The summed E-state index contributed by atoms with van der Waals surface area (Å²) in [5.74, 6) is 0.589. The van der Waals surface area contributed by atoms with Crippen molar-refractivity contribution in [2.75, 3.05) is 18.4 Å². The van der Waals surface area contributed by atoms with Gasteiger partial charge in [-0.1, -0.05) is 30.3 Å². The van der Waals surface area contributed by atoms with Crippen molar-refractivity contribution < 1.29 is 9.18 Å². The third-order valence-electron chi connectivity index (χ3n) is 5.97. The number of aromatic nitrogens is 2. The minimum Gasteiger partial charge on any atom is -0.333 e. The molecule has 5 rings (SSSR count). The molecule has 162 valence electrons. The summed E-state index contributed by atoms with van der Waals surface area (Å²) in [4.78, 5) is 12.9. The third kappa shape index (κ3) is 4.29. The second-order valence-corrected chi connectivity index (χ2v) is 7.90. The Balaban J connectivity index is 0.00000231. The van der Waals surface area contributed by atoms with Gasteiger partial charge in [0.2, 0.25) is 0 Å². The Hall–Kier alpha value is -2.90. The second kappa shape index (κ2) is 9.08. The van der Waals surface area contributed by atoms with Gasteiger partial charge < -0.3 is 10.6 Å². The highest BCUT2D eigenvalue weighted by atomic mass is 35.5. The zero-order chi connectivity index (χ0) is 20.5. The van der Waals surface area contributed by atoms with Crippen LogP contribution in [0.1, 0.15) is 29.2 Å². The smallest absolute Gasteiger partial charge is 0.320 e. The molecule has 1 aromatic heterocycles. The summed E-state index contributed by atoms with van der Waals surface area (Å²) < 4.78 is 15.1. The first kappa shape index (κ1) is 21.3. The number of nitrogens with one attached hydrogen (secondary N) is 3. The molecule has 0 unspecified atom stereocenters. The average molecular weight is 442 g/mol. The summed E-state index contributed by atoms with van der Waals surface area (Å²) in [7, 11) is 0. The molecular weight excluding hydrogens is 417 g/mol. The van der Waals surface area contributed by atoms with Crippen LogP contribution < -0.4 is 16.0 Å². The van der Waals surface area contributed by atoms with E-state index in [4.69, 9.17) is 5.10 Å². The van der Waals surface area contributed by atoms with E-state index in [0.717, 1.165) is 54.1 Å². The first-order chi connectivity index (χ1) is 14.7. The average Bonchev–Trinajstić information content (AvgIpc) is 3.47. The van der Waals surface area contributed by atoms with Gasteiger partial charge in [-0.15, -0.1) is 12.4 Å². The lowest BCUT2D eigenvalue weighted by Crippen LogP contribution is -2.42. The number of carbonyl (C=O) groups excluding carboxylic acids is 1. The molecule has 2 amide bonds. The molecule has 2 atom stereocenters. The van der Waals surface area contributed by atoms with E-state index in [2.05, 4.69) is 16.0 Å². The van der Waals surface area contributed by atoms with Gasteiger partial charge in [0.05, 0.1) is 17.4 Å². The van der Waals surface area contributed by atoms with Crippen molar-refractivity contribution in [1.82, 2.24) is 20.4 Å². The fourth-order valence-electron chi connectivity index (χ4n) is 4.48. The standard InChI is InChI=1S/C23H24FN5O.ClH/c24-16-11-9-15(10-12-16)19-13-25-14-21(19)26-23(30)27-22-18-7-4-8-20(18)28-29(22)17-5-2-1-3-6-17;/h1-3,5-6,9-12,19,21,25H,4,7-8,13-14H2,(H2,26,27,30);1H/t19-,21+;/m0./s1. The van der Waals surface area contributed by atoms with Gasteiger partial charge in [0.15, 0.2) is 0 Å². The van der Waals surface area contributed by atoms with Crippen molar-refractivity contribution in [3.8, 4) is 5.69 Å². The number of nitrogens with zero attached hydrogens (tertiary/aromatic N) is 2. The number of carbonyl (C=O) groups is 1. The Kier molecular flexibility index (Phi) is 6.25. The number of para-hydroxylation sites is 1. The van der Waals surface area contributed by atoms with Crippen LogP contribution in [0.25, 0.3) is 5.69 Å². The number of halogens is 2. The molecule has 2 aliphatic rings. The highest BCUT2D eigenvalue weighted by molar-refractivity contribution is 5.90. The SMILES string of the molecule is Cl.O=C(Nc1c2c(nn1-c1ccccc1)CCC2)N[C@@H]1CNC[C@H]1c1ccc(F)cc1. The minimum absolute atomic E-state index is 0. The molecule has 3 N–H and O–H groups in total. The number of rotatable bonds is 4. The Morgan fingerprint density at radius 3 is 2.61 bits per heavy atom. The topological polar surface area (TPSA) is 71.0 Å². The van der Waals surface area contributed by atoms with Gasteiger partial charge in [0, 0.05) is 24.6 Å². The molecule has 3 aromatic rings. The maximum Gasteiger partial charge on any atom is 0.320 e. The predicted octanol–water partition coefficient (Wildman–Crippen LogP) is 3.80. The Morgan fingerprint density at radius 1 is 1.06 bits per heavy atom. The first-order valence-electron chi connectivity index (χ1n) is 10.4. The second-order valence-electron chi connectivity index (χ2n) is 7.90. The van der Waals surface area contributed by atoms with E-state index in [1.165, 1.54) is 12.1 Å². The van der Waals surface area contributed by atoms with Crippen LogP contribution in [0, 0.1) is 5.82 Å². The van der Waals surface area contributed by atoms with Crippen molar-refractivity contribution in [2.24, 2.45) is 0 Å². The Morgan fingerprint density at radius 2 is 1.84 bits per heavy atom. The lowest BCUT2D eigenvalue weighted by atomic mass is 9.94. The quantitative estimate of drug-likeness (QED) is 0.576. The molecule has 1 fully saturated rings. The highest BCUT2D eigenvalue weighted by Gasteiger charge is 2.31. The molecule has 2 aromatic carbocycles. The lowest BCUT2D eigenvalue weighted by Gasteiger charge is -2.21. The van der Waals surface area contributed by atoms with Gasteiger partial charge in [-0.3, -0.25) is 5.32 Å². The number of benzene rings is 2. The fraction of sp³-hybridized carbons (Fsp3) is 0.304. The molecule has 0 saturated carbocycles. The molecule has 8 heteroatoms.